The monoisotopic (exact) mass is 373 g/mol. The summed E-state index contributed by atoms with van der Waals surface area (Å²) in [5, 5.41) is 12.2. The average Bonchev–Trinajstić information content (AvgIpc) is 2.54. The van der Waals surface area contributed by atoms with E-state index in [1.807, 2.05) is 0 Å². The fraction of sp³-hybridized carbons (Fsp3) is 0.133. The van der Waals surface area contributed by atoms with Gasteiger partial charge in [0.15, 0.2) is 12.4 Å². The Morgan fingerprint density at radius 3 is 2.76 bits per heavy atom. The predicted molar refractivity (Wildman–Crippen MR) is 85.0 cm³/mol. The number of anilines is 1. The Bertz CT molecular complexity index is 797. The maximum absolute atomic E-state index is 12.5. The largest absolute Gasteiger partial charge is 0.481 e. The second-order valence-corrected chi connectivity index (χ2v) is 5.05. The standard InChI is InChI=1S/C15H11ClF3N3O3/c16-11-5-10(15(17,18)19)7-20-14(11)22-21-6-9-3-1-2-4-12(9)25-8-13(23)24/h1-7H,8H2,(H,20,22)(H,23,24). The second-order valence-electron chi connectivity index (χ2n) is 4.64. The zero-order chi connectivity index (χ0) is 18.4. The molecular formula is C15H11ClF3N3O3. The summed E-state index contributed by atoms with van der Waals surface area (Å²) in [5.41, 5.74) is 1.90. The Kier molecular flexibility index (Phi) is 5.81. The first-order chi connectivity index (χ1) is 11.8. The van der Waals surface area contributed by atoms with Gasteiger partial charge < -0.3 is 9.84 Å². The highest BCUT2D eigenvalue weighted by Gasteiger charge is 2.31. The van der Waals surface area contributed by atoms with Crippen molar-refractivity contribution < 1.29 is 27.8 Å². The van der Waals surface area contributed by atoms with Gasteiger partial charge in [0, 0.05) is 11.8 Å². The first kappa shape index (κ1) is 18.5. The Hall–Kier alpha value is -2.81. The lowest BCUT2D eigenvalue weighted by atomic mass is 10.2. The predicted octanol–water partition coefficient (Wildman–Crippen LogP) is 3.66. The van der Waals surface area contributed by atoms with E-state index in [-0.39, 0.29) is 16.6 Å². The van der Waals surface area contributed by atoms with Crippen LogP contribution < -0.4 is 10.2 Å². The number of ether oxygens (including phenoxy) is 1. The normalized spacial score (nSPS) is 11.5. The van der Waals surface area contributed by atoms with Crippen molar-refractivity contribution in [3.8, 4) is 5.75 Å². The third-order valence-corrected chi connectivity index (χ3v) is 3.10. The molecule has 0 aliphatic rings. The molecule has 0 atom stereocenters. The number of halogens is 4. The molecule has 0 aliphatic heterocycles. The smallest absolute Gasteiger partial charge is 0.417 e. The average molecular weight is 374 g/mol. The zero-order valence-electron chi connectivity index (χ0n) is 12.4. The fourth-order valence-electron chi connectivity index (χ4n) is 1.70. The number of para-hydroxylation sites is 1. The van der Waals surface area contributed by atoms with E-state index in [1.54, 1.807) is 24.3 Å². The topological polar surface area (TPSA) is 83.8 Å². The molecule has 1 aromatic heterocycles. The van der Waals surface area contributed by atoms with E-state index in [0.717, 1.165) is 6.07 Å². The van der Waals surface area contributed by atoms with Crippen LogP contribution in [0.25, 0.3) is 0 Å². The number of aliphatic carboxylic acids is 1. The van der Waals surface area contributed by atoms with Gasteiger partial charge in [-0.2, -0.15) is 18.3 Å². The van der Waals surface area contributed by atoms with E-state index in [2.05, 4.69) is 15.5 Å². The molecule has 2 N–H and O–H groups in total. The van der Waals surface area contributed by atoms with Crippen LogP contribution in [-0.2, 0) is 11.0 Å². The maximum atomic E-state index is 12.5. The fourth-order valence-corrected chi connectivity index (χ4v) is 1.90. The molecule has 0 unspecified atom stereocenters. The van der Waals surface area contributed by atoms with Gasteiger partial charge in [-0.3, -0.25) is 5.43 Å². The van der Waals surface area contributed by atoms with Gasteiger partial charge in [-0.15, -0.1) is 0 Å². The number of carbonyl (C=O) groups is 1. The quantitative estimate of drug-likeness (QED) is 0.596. The highest BCUT2D eigenvalue weighted by Crippen LogP contribution is 2.32. The third kappa shape index (κ3) is 5.35. The Morgan fingerprint density at radius 2 is 2.12 bits per heavy atom. The molecule has 1 aromatic carbocycles. The molecule has 0 amide bonds. The molecular weight excluding hydrogens is 363 g/mol. The van der Waals surface area contributed by atoms with Gasteiger partial charge in [0.25, 0.3) is 0 Å². The number of hydrazone groups is 1. The summed E-state index contributed by atoms with van der Waals surface area (Å²) in [6.07, 6.45) is -2.61. The third-order valence-electron chi connectivity index (χ3n) is 2.81. The van der Waals surface area contributed by atoms with Gasteiger partial charge in [-0.1, -0.05) is 23.7 Å². The molecule has 132 valence electrons. The van der Waals surface area contributed by atoms with Gasteiger partial charge in [-0.05, 0) is 18.2 Å². The van der Waals surface area contributed by atoms with Crippen molar-refractivity contribution in [3.05, 3.63) is 52.7 Å². The Balaban J connectivity index is 2.10. The minimum absolute atomic E-state index is 0.0603. The lowest BCUT2D eigenvalue weighted by Gasteiger charge is -2.09. The minimum atomic E-state index is -4.54. The number of aromatic nitrogens is 1. The Labute approximate surface area is 144 Å². The highest BCUT2D eigenvalue weighted by molar-refractivity contribution is 6.32. The molecule has 25 heavy (non-hydrogen) atoms. The van der Waals surface area contributed by atoms with Gasteiger partial charge in [0.1, 0.15) is 5.75 Å². The van der Waals surface area contributed by atoms with Gasteiger partial charge in [0.2, 0.25) is 0 Å². The summed E-state index contributed by atoms with van der Waals surface area (Å²) in [4.78, 5) is 14.1. The molecule has 1 heterocycles. The number of nitrogens with zero attached hydrogens (tertiary/aromatic N) is 2. The van der Waals surface area contributed by atoms with Gasteiger partial charge in [-0.25, -0.2) is 9.78 Å². The van der Waals surface area contributed by atoms with Crippen LogP contribution in [0.2, 0.25) is 5.02 Å². The van der Waals surface area contributed by atoms with Crippen LogP contribution in [0.3, 0.4) is 0 Å². The molecule has 10 heteroatoms. The number of nitrogens with one attached hydrogen (secondary N) is 1. The van der Waals surface area contributed by atoms with Crippen molar-refractivity contribution in [3.63, 3.8) is 0 Å². The van der Waals surface area contributed by atoms with Crippen LogP contribution >= 0.6 is 11.6 Å². The van der Waals surface area contributed by atoms with Gasteiger partial charge in [0.05, 0.1) is 16.8 Å². The molecule has 0 radical (unpaired) electrons. The van der Waals surface area contributed by atoms with Crippen molar-refractivity contribution >= 4 is 29.6 Å². The van der Waals surface area contributed by atoms with E-state index in [1.165, 1.54) is 6.21 Å². The molecule has 2 aromatic rings. The van der Waals surface area contributed by atoms with Crippen LogP contribution in [0.15, 0.2) is 41.6 Å². The number of rotatable bonds is 6. The second kappa shape index (κ2) is 7.84. The highest BCUT2D eigenvalue weighted by atomic mass is 35.5. The molecule has 0 aliphatic carbocycles. The number of hydrogen-bond acceptors (Lipinski definition) is 5. The van der Waals surface area contributed by atoms with E-state index in [9.17, 15) is 18.0 Å². The molecule has 0 spiro atoms. The number of benzene rings is 1. The van der Waals surface area contributed by atoms with Crippen LogP contribution in [0, 0.1) is 0 Å². The van der Waals surface area contributed by atoms with Crippen LogP contribution in [0.4, 0.5) is 19.0 Å². The van der Waals surface area contributed by atoms with E-state index >= 15 is 0 Å². The van der Waals surface area contributed by atoms with Crippen molar-refractivity contribution in [2.75, 3.05) is 12.0 Å². The Morgan fingerprint density at radius 1 is 1.40 bits per heavy atom. The molecule has 0 saturated heterocycles. The van der Waals surface area contributed by atoms with Crippen LogP contribution in [-0.4, -0.2) is 28.9 Å². The SMILES string of the molecule is O=C(O)COc1ccccc1C=NNc1ncc(C(F)(F)F)cc1Cl. The van der Waals surface area contributed by atoms with E-state index in [0.29, 0.717) is 11.8 Å². The van der Waals surface area contributed by atoms with Gasteiger partial charge >= 0.3 is 12.1 Å². The molecule has 6 nitrogen and oxygen atoms in total. The molecule has 0 saturated carbocycles. The van der Waals surface area contributed by atoms with Crippen molar-refractivity contribution in [2.24, 2.45) is 5.10 Å². The van der Waals surface area contributed by atoms with Crippen molar-refractivity contribution in [1.29, 1.82) is 0 Å². The number of alkyl halides is 3. The summed E-state index contributed by atoms with van der Waals surface area (Å²) in [7, 11) is 0. The summed E-state index contributed by atoms with van der Waals surface area (Å²) in [6, 6.07) is 7.22. The summed E-state index contributed by atoms with van der Waals surface area (Å²) in [5.74, 6) is -0.914. The minimum Gasteiger partial charge on any atom is -0.481 e. The van der Waals surface area contributed by atoms with Crippen LogP contribution in [0.1, 0.15) is 11.1 Å². The first-order valence-electron chi connectivity index (χ1n) is 6.73. The number of carboxylic acids is 1. The van der Waals surface area contributed by atoms with Crippen molar-refractivity contribution in [2.45, 2.75) is 6.18 Å². The lowest BCUT2D eigenvalue weighted by Crippen LogP contribution is -2.10. The summed E-state index contributed by atoms with van der Waals surface area (Å²) in [6.45, 7) is -0.523. The number of carboxylic acid groups (broad SMARTS) is 1. The summed E-state index contributed by atoms with van der Waals surface area (Å²) >= 11 is 5.74. The van der Waals surface area contributed by atoms with E-state index in [4.69, 9.17) is 21.4 Å². The zero-order valence-corrected chi connectivity index (χ0v) is 13.2. The molecule has 2 rings (SSSR count). The van der Waals surface area contributed by atoms with Crippen LogP contribution in [0.5, 0.6) is 5.75 Å². The van der Waals surface area contributed by atoms with Crippen molar-refractivity contribution in [1.82, 2.24) is 4.98 Å². The lowest BCUT2D eigenvalue weighted by molar-refractivity contribution is -0.139. The summed E-state index contributed by atoms with van der Waals surface area (Å²) < 4.78 is 42.7. The number of hydrogen-bond donors (Lipinski definition) is 2. The molecule has 0 bridgehead atoms. The number of pyridine rings is 1. The first-order valence-corrected chi connectivity index (χ1v) is 7.10. The maximum Gasteiger partial charge on any atom is 0.417 e. The van der Waals surface area contributed by atoms with E-state index < -0.39 is 24.3 Å². The molecule has 0 fully saturated rings.